The van der Waals surface area contributed by atoms with Crippen LogP contribution in [-0.4, -0.2) is 31.9 Å². The molecule has 0 aliphatic rings. The van der Waals surface area contributed by atoms with E-state index < -0.39 is 11.9 Å². The first-order valence-corrected chi connectivity index (χ1v) is 12.3. The molecule has 0 spiro atoms. The molecule has 0 unspecified atom stereocenters. The van der Waals surface area contributed by atoms with Crippen LogP contribution in [0.25, 0.3) is 21.9 Å². The average Bonchev–Trinajstić information content (AvgIpc) is 3.18. The zero-order valence-electron chi connectivity index (χ0n) is 20.9. The highest BCUT2D eigenvalue weighted by molar-refractivity contribution is 7.16. The molecule has 36 heavy (non-hydrogen) atoms. The predicted molar refractivity (Wildman–Crippen MR) is 144 cm³/mol. The Bertz CT molecular complexity index is 1480. The molecule has 0 radical (unpaired) electrons. The Kier molecular flexibility index (Phi) is 7.50. The number of benzene rings is 3. The fourth-order valence-corrected chi connectivity index (χ4v) is 4.99. The van der Waals surface area contributed by atoms with Crippen molar-refractivity contribution in [3.05, 3.63) is 76.2 Å². The van der Waals surface area contributed by atoms with Gasteiger partial charge in [0.25, 0.3) is 0 Å². The molecule has 4 aromatic rings. The molecule has 0 N–H and O–H groups in total. The quantitative estimate of drug-likeness (QED) is 0.154. The van der Waals surface area contributed by atoms with Gasteiger partial charge in [-0.15, -0.1) is 11.3 Å². The van der Waals surface area contributed by atoms with Crippen LogP contribution in [0.15, 0.2) is 59.6 Å². The van der Waals surface area contributed by atoms with Crippen LogP contribution < -0.4 is 9.47 Å². The summed E-state index contributed by atoms with van der Waals surface area (Å²) in [5.41, 5.74) is 3.72. The molecule has 0 aliphatic carbocycles. The second kappa shape index (κ2) is 10.7. The Morgan fingerprint density at radius 3 is 2.47 bits per heavy atom. The summed E-state index contributed by atoms with van der Waals surface area (Å²) in [4.78, 5) is 30.3. The largest absolute Gasteiger partial charge is 0.497 e. The van der Waals surface area contributed by atoms with Gasteiger partial charge in [0.05, 0.1) is 13.7 Å². The molecule has 6 nitrogen and oxygen atoms in total. The summed E-state index contributed by atoms with van der Waals surface area (Å²) in [5, 5.41) is 2.61. The van der Waals surface area contributed by atoms with Crippen LogP contribution >= 0.6 is 11.3 Å². The van der Waals surface area contributed by atoms with Crippen molar-refractivity contribution in [2.45, 2.75) is 27.7 Å². The zero-order valence-corrected chi connectivity index (χ0v) is 21.7. The molecule has 0 bridgehead atoms. The van der Waals surface area contributed by atoms with Gasteiger partial charge in [-0.2, -0.15) is 0 Å². The number of aliphatic imine (C=N–C) groups is 1. The molecule has 0 amide bonds. The minimum absolute atomic E-state index is 0.252. The van der Waals surface area contributed by atoms with E-state index in [0.29, 0.717) is 21.9 Å². The van der Waals surface area contributed by atoms with Crippen LogP contribution in [0.2, 0.25) is 0 Å². The molecule has 7 heteroatoms. The molecule has 0 atom stereocenters. The number of esters is 2. The summed E-state index contributed by atoms with van der Waals surface area (Å²) < 4.78 is 16.1. The summed E-state index contributed by atoms with van der Waals surface area (Å²) in [5.74, 6) is 0.367. The van der Waals surface area contributed by atoms with Gasteiger partial charge in [-0.1, -0.05) is 24.3 Å². The first kappa shape index (κ1) is 25.1. The van der Waals surface area contributed by atoms with Crippen LogP contribution in [0.4, 0.5) is 5.00 Å². The molecule has 0 saturated carbocycles. The van der Waals surface area contributed by atoms with Gasteiger partial charge in [0.2, 0.25) is 0 Å². The normalized spacial score (nSPS) is 11.1. The number of fused-ring (bicyclic) bond motifs is 1. The standard InChI is InChI=1S/C29H27NO5S/c1-6-34-29(32)27-26(22-10-9-21-15-24(33-5)12-11-20(21)14-22)18(3)36-28(27)30-16-23-8-7-17(2)13-25(23)35-19(4)31/h7-16H,6H2,1-5H3. The lowest BCUT2D eigenvalue weighted by Crippen LogP contribution is -2.06. The van der Waals surface area contributed by atoms with E-state index in [9.17, 15) is 9.59 Å². The molecule has 1 heterocycles. The number of aryl methyl sites for hydroxylation is 2. The first-order chi connectivity index (χ1) is 17.3. The monoisotopic (exact) mass is 501 g/mol. The van der Waals surface area contributed by atoms with Crippen LogP contribution in [0, 0.1) is 13.8 Å². The van der Waals surface area contributed by atoms with Crippen LogP contribution in [-0.2, 0) is 9.53 Å². The Morgan fingerprint density at radius 2 is 1.75 bits per heavy atom. The van der Waals surface area contributed by atoms with Crippen molar-refractivity contribution in [3.63, 3.8) is 0 Å². The molecule has 1 aromatic heterocycles. The van der Waals surface area contributed by atoms with Gasteiger partial charge in [0, 0.05) is 29.1 Å². The maximum atomic E-state index is 13.1. The lowest BCUT2D eigenvalue weighted by Gasteiger charge is -2.09. The summed E-state index contributed by atoms with van der Waals surface area (Å²) in [6.07, 6.45) is 1.61. The van der Waals surface area contributed by atoms with Gasteiger partial charge in [-0.3, -0.25) is 4.79 Å². The smallest absolute Gasteiger partial charge is 0.341 e. The number of methoxy groups -OCH3 is 1. The minimum atomic E-state index is -0.428. The van der Waals surface area contributed by atoms with Gasteiger partial charge >= 0.3 is 11.9 Å². The Morgan fingerprint density at radius 1 is 1.00 bits per heavy atom. The van der Waals surface area contributed by atoms with E-state index in [0.717, 1.165) is 38.1 Å². The van der Waals surface area contributed by atoms with Crippen molar-refractivity contribution in [2.24, 2.45) is 4.99 Å². The SMILES string of the molecule is CCOC(=O)c1c(N=Cc2ccc(C)cc2OC(C)=O)sc(C)c1-c1ccc2cc(OC)ccc2c1. The van der Waals surface area contributed by atoms with Crippen molar-refractivity contribution in [2.75, 3.05) is 13.7 Å². The zero-order chi connectivity index (χ0) is 25.8. The number of carbonyl (C=O) groups is 2. The Hall–Kier alpha value is -3.97. The highest BCUT2D eigenvalue weighted by atomic mass is 32.1. The van der Waals surface area contributed by atoms with Gasteiger partial charge in [0.1, 0.15) is 22.1 Å². The Balaban J connectivity index is 1.82. The number of ether oxygens (including phenoxy) is 3. The minimum Gasteiger partial charge on any atom is -0.497 e. The first-order valence-electron chi connectivity index (χ1n) is 11.5. The average molecular weight is 502 g/mol. The topological polar surface area (TPSA) is 74.2 Å². The Labute approximate surface area is 214 Å². The van der Waals surface area contributed by atoms with Gasteiger partial charge < -0.3 is 14.2 Å². The number of rotatable bonds is 7. The molecular weight excluding hydrogens is 474 g/mol. The number of hydrogen-bond donors (Lipinski definition) is 0. The van der Waals surface area contributed by atoms with Gasteiger partial charge in [-0.05, 0) is 73.0 Å². The summed E-state index contributed by atoms with van der Waals surface area (Å²) in [7, 11) is 1.64. The summed E-state index contributed by atoms with van der Waals surface area (Å²) >= 11 is 1.42. The summed E-state index contributed by atoms with van der Waals surface area (Å²) in [6.45, 7) is 7.28. The van der Waals surface area contributed by atoms with E-state index in [2.05, 4.69) is 11.1 Å². The second-order valence-corrected chi connectivity index (χ2v) is 9.46. The van der Waals surface area contributed by atoms with Crippen LogP contribution in [0.3, 0.4) is 0 Å². The van der Waals surface area contributed by atoms with Gasteiger partial charge in [0.15, 0.2) is 0 Å². The highest BCUT2D eigenvalue weighted by Crippen LogP contribution is 2.43. The molecule has 4 rings (SSSR count). The molecule has 0 saturated heterocycles. The van der Waals surface area contributed by atoms with E-state index in [1.807, 2.05) is 56.3 Å². The number of carbonyl (C=O) groups excluding carboxylic acids is 2. The van der Waals surface area contributed by atoms with Crippen molar-refractivity contribution in [3.8, 4) is 22.6 Å². The third-order valence-electron chi connectivity index (χ3n) is 5.62. The third kappa shape index (κ3) is 5.31. The summed E-state index contributed by atoms with van der Waals surface area (Å²) in [6, 6.07) is 17.5. The molecule has 184 valence electrons. The van der Waals surface area contributed by atoms with Crippen LogP contribution in [0.5, 0.6) is 11.5 Å². The fraction of sp³-hybridized carbons (Fsp3) is 0.207. The van der Waals surface area contributed by atoms with Gasteiger partial charge in [-0.25, -0.2) is 9.79 Å². The van der Waals surface area contributed by atoms with E-state index in [1.54, 1.807) is 26.3 Å². The molecule has 0 aliphatic heterocycles. The number of hydrogen-bond acceptors (Lipinski definition) is 7. The van der Waals surface area contributed by atoms with E-state index >= 15 is 0 Å². The molecule has 0 fully saturated rings. The predicted octanol–water partition coefficient (Wildman–Crippen LogP) is 7.05. The lowest BCUT2D eigenvalue weighted by molar-refractivity contribution is -0.131. The van der Waals surface area contributed by atoms with E-state index in [1.165, 1.54) is 18.3 Å². The molecular formula is C29H27NO5S. The van der Waals surface area contributed by atoms with Crippen LogP contribution in [0.1, 0.15) is 40.2 Å². The lowest BCUT2D eigenvalue weighted by atomic mass is 9.98. The third-order valence-corrected chi connectivity index (χ3v) is 6.64. The van der Waals surface area contributed by atoms with E-state index in [-0.39, 0.29) is 6.61 Å². The fourth-order valence-electron chi connectivity index (χ4n) is 3.99. The van der Waals surface area contributed by atoms with Crippen molar-refractivity contribution in [1.29, 1.82) is 0 Å². The maximum Gasteiger partial charge on any atom is 0.341 e. The molecule has 3 aromatic carbocycles. The highest BCUT2D eigenvalue weighted by Gasteiger charge is 2.24. The second-order valence-electron chi connectivity index (χ2n) is 8.25. The number of nitrogens with zero attached hydrogens (tertiary/aromatic N) is 1. The van der Waals surface area contributed by atoms with Crippen molar-refractivity contribution < 1.29 is 23.8 Å². The maximum absolute atomic E-state index is 13.1. The van der Waals surface area contributed by atoms with Crippen molar-refractivity contribution in [1.82, 2.24) is 0 Å². The number of thiophene rings is 1. The van der Waals surface area contributed by atoms with E-state index in [4.69, 9.17) is 14.2 Å². The van der Waals surface area contributed by atoms with Crippen molar-refractivity contribution >= 4 is 45.3 Å².